The van der Waals surface area contributed by atoms with E-state index in [1.54, 1.807) is 0 Å². The molecule has 3 N–H and O–H groups in total. The first-order valence-electron chi connectivity index (χ1n) is 8.78. The molecule has 2 atom stereocenters. The topological polar surface area (TPSA) is 72.5 Å². The van der Waals surface area contributed by atoms with Crippen molar-refractivity contribution in [2.24, 2.45) is 11.7 Å². The van der Waals surface area contributed by atoms with Gasteiger partial charge in [0.2, 0.25) is 0 Å². The van der Waals surface area contributed by atoms with Crippen molar-refractivity contribution in [1.29, 1.82) is 0 Å². The van der Waals surface area contributed by atoms with Gasteiger partial charge in [0.1, 0.15) is 5.54 Å². The van der Waals surface area contributed by atoms with Crippen LogP contribution < -0.4 is 5.73 Å². The molecule has 0 heterocycles. The van der Waals surface area contributed by atoms with Gasteiger partial charge in [0, 0.05) is 0 Å². The third-order valence-corrected chi connectivity index (χ3v) is 5.28. The van der Waals surface area contributed by atoms with Gasteiger partial charge in [0.25, 0.3) is 0 Å². The van der Waals surface area contributed by atoms with E-state index in [1.807, 2.05) is 6.08 Å². The zero-order chi connectivity index (χ0) is 16.0. The Morgan fingerprint density at radius 1 is 1.32 bits per heavy atom. The van der Waals surface area contributed by atoms with Crippen LogP contribution in [-0.4, -0.2) is 29.8 Å². The van der Waals surface area contributed by atoms with Gasteiger partial charge in [-0.15, -0.1) is 0 Å². The smallest absolute Gasteiger partial charge is 0.326 e. The fourth-order valence-corrected chi connectivity index (χ4v) is 3.93. The lowest BCUT2D eigenvalue weighted by molar-refractivity contribution is -0.147. The van der Waals surface area contributed by atoms with Gasteiger partial charge in [-0.25, -0.2) is 0 Å². The molecule has 0 spiro atoms. The van der Waals surface area contributed by atoms with Crippen LogP contribution in [0.1, 0.15) is 70.6 Å². The maximum atomic E-state index is 12.2. The second-order valence-electron chi connectivity index (χ2n) is 7.15. The zero-order valence-electron chi connectivity index (χ0n) is 13.9. The average Bonchev–Trinajstić information content (AvgIpc) is 2.53. The first-order chi connectivity index (χ1) is 10.5. The lowest BCUT2D eigenvalue weighted by Gasteiger charge is -2.31. The van der Waals surface area contributed by atoms with Gasteiger partial charge in [0.15, 0.2) is 0 Å². The van der Waals surface area contributed by atoms with Gasteiger partial charge in [-0.3, -0.25) is 4.79 Å². The summed E-state index contributed by atoms with van der Waals surface area (Å²) in [6.07, 6.45) is 12.9. The van der Waals surface area contributed by atoms with Crippen LogP contribution >= 0.6 is 0 Å². The number of hydrogen-bond donors (Lipinski definition) is 2. The van der Waals surface area contributed by atoms with E-state index in [0.29, 0.717) is 18.8 Å². The zero-order valence-corrected chi connectivity index (χ0v) is 13.9. The molecule has 126 valence electrons. The number of aliphatic hydroxyl groups excluding tert-OH is 1. The molecule has 0 aromatic carbocycles. The van der Waals surface area contributed by atoms with E-state index < -0.39 is 5.54 Å². The molecule has 4 nitrogen and oxygen atoms in total. The van der Waals surface area contributed by atoms with Crippen LogP contribution in [0.3, 0.4) is 0 Å². The molecule has 2 aliphatic carbocycles. The monoisotopic (exact) mass is 309 g/mol. The number of nitrogens with two attached hydrogens (primary N) is 1. The summed E-state index contributed by atoms with van der Waals surface area (Å²) in [5.41, 5.74) is 6.62. The van der Waals surface area contributed by atoms with Gasteiger partial charge in [-0.1, -0.05) is 43.8 Å². The number of rotatable bonds is 6. The highest BCUT2D eigenvalue weighted by Crippen LogP contribution is 2.33. The molecule has 0 amide bonds. The van der Waals surface area contributed by atoms with Crippen molar-refractivity contribution in [3.63, 3.8) is 0 Å². The van der Waals surface area contributed by atoms with Gasteiger partial charge in [-0.2, -0.15) is 0 Å². The fourth-order valence-electron chi connectivity index (χ4n) is 3.93. The van der Waals surface area contributed by atoms with Crippen molar-refractivity contribution in [2.75, 3.05) is 7.11 Å². The molecule has 0 aliphatic heterocycles. The minimum absolute atomic E-state index is 0.315. The maximum Gasteiger partial charge on any atom is 0.326 e. The molecule has 0 aromatic rings. The summed E-state index contributed by atoms with van der Waals surface area (Å²) in [4.78, 5) is 12.2. The largest absolute Gasteiger partial charge is 0.468 e. The molecule has 2 rings (SSSR count). The Bertz CT molecular complexity index is 401. The Morgan fingerprint density at radius 2 is 2.05 bits per heavy atom. The van der Waals surface area contributed by atoms with E-state index in [1.165, 1.54) is 39.2 Å². The van der Waals surface area contributed by atoms with Gasteiger partial charge in [0.05, 0.1) is 13.2 Å². The number of ether oxygens (including phenoxy) is 1. The molecule has 1 fully saturated rings. The van der Waals surface area contributed by atoms with E-state index >= 15 is 0 Å². The minimum Gasteiger partial charge on any atom is -0.468 e. The second kappa shape index (κ2) is 8.11. The van der Waals surface area contributed by atoms with Crippen LogP contribution in [0.25, 0.3) is 0 Å². The van der Waals surface area contributed by atoms with E-state index in [2.05, 4.69) is 0 Å². The van der Waals surface area contributed by atoms with Crippen LogP contribution in [0, 0.1) is 5.92 Å². The molecule has 0 bridgehead atoms. The van der Waals surface area contributed by atoms with Gasteiger partial charge in [-0.05, 0) is 44.4 Å². The number of esters is 1. The van der Waals surface area contributed by atoms with Gasteiger partial charge < -0.3 is 15.6 Å². The summed E-state index contributed by atoms with van der Waals surface area (Å²) >= 11 is 0. The molecular weight excluding hydrogens is 278 g/mol. The summed E-state index contributed by atoms with van der Waals surface area (Å²) in [5.74, 6) is 0.386. The van der Waals surface area contributed by atoms with Crippen molar-refractivity contribution < 1.29 is 14.6 Å². The van der Waals surface area contributed by atoms with E-state index in [-0.39, 0.29) is 12.1 Å². The van der Waals surface area contributed by atoms with Crippen LogP contribution in [0.2, 0.25) is 0 Å². The standard InChI is InChI=1S/C18H31NO3/c1-22-17(21)18(19,11-10-14-6-3-2-4-7-14)13-15-8-5-9-16(20)12-15/h12,14,16,20H,2-11,13,19H2,1H3/t16-,18-/m1/s1. The molecule has 0 aromatic heterocycles. The Labute approximate surface area is 134 Å². The van der Waals surface area contributed by atoms with Crippen LogP contribution in [0.4, 0.5) is 0 Å². The predicted octanol–water partition coefficient (Wildman–Crippen LogP) is 3.08. The quantitative estimate of drug-likeness (QED) is 0.584. The summed E-state index contributed by atoms with van der Waals surface area (Å²) in [6, 6.07) is 0. The third kappa shape index (κ3) is 4.82. The fraction of sp³-hybridized carbons (Fsp3) is 0.833. The Morgan fingerprint density at radius 3 is 2.68 bits per heavy atom. The average molecular weight is 309 g/mol. The number of carbonyl (C=O) groups excluding carboxylic acids is 1. The lowest BCUT2D eigenvalue weighted by Crippen LogP contribution is -2.49. The van der Waals surface area contributed by atoms with Crippen LogP contribution in [-0.2, 0) is 9.53 Å². The van der Waals surface area contributed by atoms with E-state index in [4.69, 9.17) is 10.5 Å². The molecule has 0 saturated heterocycles. The van der Waals surface area contributed by atoms with E-state index in [9.17, 15) is 9.90 Å². The minimum atomic E-state index is -0.935. The first kappa shape index (κ1) is 17.5. The molecule has 0 unspecified atom stereocenters. The van der Waals surface area contributed by atoms with Crippen molar-refractivity contribution in [1.82, 2.24) is 0 Å². The van der Waals surface area contributed by atoms with Crippen LogP contribution in [0.5, 0.6) is 0 Å². The summed E-state index contributed by atoms with van der Waals surface area (Å²) in [7, 11) is 1.41. The molecule has 1 saturated carbocycles. The third-order valence-electron chi connectivity index (χ3n) is 5.28. The Hall–Kier alpha value is -0.870. The molecule has 2 aliphatic rings. The highest BCUT2D eigenvalue weighted by atomic mass is 16.5. The number of carbonyl (C=O) groups is 1. The first-order valence-corrected chi connectivity index (χ1v) is 8.78. The SMILES string of the molecule is COC(=O)[C@@](N)(CCC1CCCCC1)CC1=C[C@H](O)CCC1. The molecular formula is C18H31NO3. The van der Waals surface area contributed by atoms with Crippen molar-refractivity contribution in [3.05, 3.63) is 11.6 Å². The maximum absolute atomic E-state index is 12.2. The summed E-state index contributed by atoms with van der Waals surface area (Å²) < 4.78 is 4.97. The lowest BCUT2D eigenvalue weighted by atomic mass is 9.78. The van der Waals surface area contributed by atoms with E-state index in [0.717, 1.165) is 31.3 Å². The highest BCUT2D eigenvalue weighted by molar-refractivity contribution is 5.80. The number of methoxy groups -OCH3 is 1. The van der Waals surface area contributed by atoms with Crippen molar-refractivity contribution in [3.8, 4) is 0 Å². The summed E-state index contributed by atoms with van der Waals surface area (Å²) in [5, 5.41) is 9.77. The highest BCUT2D eigenvalue weighted by Gasteiger charge is 2.37. The summed E-state index contributed by atoms with van der Waals surface area (Å²) in [6.45, 7) is 0. The molecule has 4 heteroatoms. The molecule has 22 heavy (non-hydrogen) atoms. The number of aliphatic hydroxyl groups is 1. The van der Waals surface area contributed by atoms with Crippen molar-refractivity contribution >= 4 is 5.97 Å². The van der Waals surface area contributed by atoms with Gasteiger partial charge >= 0.3 is 5.97 Å². The predicted molar refractivity (Wildman–Crippen MR) is 87.3 cm³/mol. The second-order valence-corrected chi connectivity index (χ2v) is 7.15. The molecule has 0 radical (unpaired) electrons. The normalized spacial score (nSPS) is 26.1. The Balaban J connectivity index is 1.98. The number of hydrogen-bond acceptors (Lipinski definition) is 4. The van der Waals surface area contributed by atoms with Crippen molar-refractivity contribution in [2.45, 2.75) is 82.3 Å². The Kier molecular flexibility index (Phi) is 6.45. The van der Waals surface area contributed by atoms with Crippen LogP contribution in [0.15, 0.2) is 11.6 Å².